The lowest BCUT2D eigenvalue weighted by Gasteiger charge is -2.51. The molecule has 1 unspecified atom stereocenters. The second-order valence-corrected chi connectivity index (χ2v) is 9.52. The number of piperidine rings is 1. The van der Waals surface area contributed by atoms with E-state index in [2.05, 4.69) is 40.4 Å². The van der Waals surface area contributed by atoms with Crippen LogP contribution in [0.15, 0.2) is 28.7 Å². The number of halogens is 1. The number of benzene rings is 1. The first kappa shape index (κ1) is 22.6. The normalized spacial score (nSPS) is 21.2. The summed E-state index contributed by atoms with van der Waals surface area (Å²) >= 11 is 3.38. The van der Waals surface area contributed by atoms with Gasteiger partial charge in [-0.25, -0.2) is 4.79 Å². The van der Waals surface area contributed by atoms with Crippen LogP contribution in [-0.2, 0) is 9.59 Å². The molecule has 0 aliphatic carbocycles. The highest BCUT2D eigenvalue weighted by Crippen LogP contribution is 2.34. The van der Waals surface area contributed by atoms with E-state index in [-0.39, 0.29) is 17.8 Å². The highest BCUT2D eigenvalue weighted by atomic mass is 79.9. The molecule has 0 bridgehead atoms. The van der Waals surface area contributed by atoms with Crippen molar-refractivity contribution < 1.29 is 14.4 Å². The van der Waals surface area contributed by atoms with Gasteiger partial charge in [0, 0.05) is 29.8 Å². The standard InChI is InChI=1S/C22H31BrN4O3/c1-4-11-27-19(28)18(14-15(2)3)25-20(29)22(27)9-12-26(13-10-22)21(30)24-17-7-5-16(23)6-8-17/h5-8,15,18H,4,9-14H2,1-3H3,(H,24,30)(H,25,29). The van der Waals surface area contributed by atoms with Crippen LogP contribution in [0.4, 0.5) is 10.5 Å². The summed E-state index contributed by atoms with van der Waals surface area (Å²) in [7, 11) is 0. The molecule has 1 aromatic rings. The van der Waals surface area contributed by atoms with E-state index in [0.717, 1.165) is 16.6 Å². The Labute approximate surface area is 186 Å². The number of carbonyl (C=O) groups is 3. The molecule has 2 saturated heterocycles. The Morgan fingerprint density at radius 2 is 1.87 bits per heavy atom. The van der Waals surface area contributed by atoms with Crippen molar-refractivity contribution in [3.8, 4) is 0 Å². The van der Waals surface area contributed by atoms with Gasteiger partial charge in [-0.3, -0.25) is 9.59 Å². The average molecular weight is 479 g/mol. The number of hydrogen-bond acceptors (Lipinski definition) is 3. The summed E-state index contributed by atoms with van der Waals surface area (Å²) in [5, 5.41) is 5.88. The summed E-state index contributed by atoms with van der Waals surface area (Å²) in [5.41, 5.74) is -0.132. The van der Waals surface area contributed by atoms with Crippen molar-refractivity contribution >= 4 is 39.5 Å². The lowest BCUT2D eigenvalue weighted by Crippen LogP contribution is -2.73. The number of amides is 4. The molecule has 164 valence electrons. The van der Waals surface area contributed by atoms with Gasteiger partial charge in [0.2, 0.25) is 11.8 Å². The quantitative estimate of drug-likeness (QED) is 0.677. The molecule has 0 radical (unpaired) electrons. The number of nitrogens with zero attached hydrogens (tertiary/aromatic N) is 2. The van der Waals surface area contributed by atoms with Gasteiger partial charge in [-0.05, 0) is 55.9 Å². The molecule has 1 spiro atoms. The molecule has 2 heterocycles. The van der Waals surface area contributed by atoms with Crippen molar-refractivity contribution in [3.05, 3.63) is 28.7 Å². The Morgan fingerprint density at radius 1 is 1.23 bits per heavy atom. The van der Waals surface area contributed by atoms with Gasteiger partial charge in [0.25, 0.3) is 0 Å². The fourth-order valence-electron chi connectivity index (χ4n) is 4.37. The van der Waals surface area contributed by atoms with Crippen LogP contribution in [0.3, 0.4) is 0 Å². The lowest BCUT2D eigenvalue weighted by atomic mass is 9.81. The van der Waals surface area contributed by atoms with E-state index in [0.29, 0.717) is 44.8 Å². The molecular formula is C22H31BrN4O3. The fraction of sp³-hybridized carbons (Fsp3) is 0.591. The molecule has 2 aliphatic heterocycles. The SMILES string of the molecule is CCCN1C(=O)C(CC(C)C)NC(=O)C12CCN(C(=O)Nc1ccc(Br)cc1)CC2. The zero-order valence-electron chi connectivity index (χ0n) is 17.9. The van der Waals surface area contributed by atoms with E-state index in [9.17, 15) is 14.4 Å². The molecule has 2 N–H and O–H groups in total. The maximum absolute atomic E-state index is 13.2. The van der Waals surface area contributed by atoms with Gasteiger partial charge in [-0.15, -0.1) is 0 Å². The van der Waals surface area contributed by atoms with Gasteiger partial charge in [0.15, 0.2) is 0 Å². The fourth-order valence-corrected chi connectivity index (χ4v) is 4.63. The van der Waals surface area contributed by atoms with Crippen molar-refractivity contribution in [2.24, 2.45) is 5.92 Å². The summed E-state index contributed by atoms with van der Waals surface area (Å²) < 4.78 is 0.945. The van der Waals surface area contributed by atoms with E-state index >= 15 is 0 Å². The first-order valence-corrected chi connectivity index (χ1v) is 11.5. The van der Waals surface area contributed by atoms with Crippen LogP contribution < -0.4 is 10.6 Å². The first-order valence-electron chi connectivity index (χ1n) is 10.7. The summed E-state index contributed by atoms with van der Waals surface area (Å²) in [5.74, 6) is 0.257. The molecule has 2 fully saturated rings. The number of carbonyl (C=O) groups excluding carboxylic acids is 3. The average Bonchev–Trinajstić information content (AvgIpc) is 2.71. The third kappa shape index (κ3) is 4.63. The van der Waals surface area contributed by atoms with Crippen molar-refractivity contribution in [2.75, 3.05) is 25.0 Å². The number of hydrogen-bond donors (Lipinski definition) is 2. The molecule has 1 aromatic carbocycles. The Hall–Kier alpha value is -2.09. The molecule has 7 nitrogen and oxygen atoms in total. The summed E-state index contributed by atoms with van der Waals surface area (Å²) in [4.78, 5) is 42.5. The maximum atomic E-state index is 13.2. The van der Waals surface area contributed by atoms with E-state index in [4.69, 9.17) is 0 Å². The number of nitrogens with one attached hydrogen (secondary N) is 2. The van der Waals surface area contributed by atoms with Crippen LogP contribution in [0.5, 0.6) is 0 Å². The molecule has 8 heteroatoms. The second kappa shape index (κ2) is 9.37. The zero-order chi connectivity index (χ0) is 21.9. The Bertz CT molecular complexity index is 788. The number of urea groups is 1. The van der Waals surface area contributed by atoms with Gasteiger partial charge in [0.05, 0.1) is 0 Å². The molecule has 3 rings (SSSR count). The minimum Gasteiger partial charge on any atom is -0.342 e. The van der Waals surface area contributed by atoms with Crippen molar-refractivity contribution in [1.82, 2.24) is 15.1 Å². The Kier molecular flexibility index (Phi) is 7.06. The highest BCUT2D eigenvalue weighted by molar-refractivity contribution is 9.10. The van der Waals surface area contributed by atoms with E-state index in [1.807, 2.05) is 31.2 Å². The van der Waals surface area contributed by atoms with Gasteiger partial charge in [-0.2, -0.15) is 0 Å². The highest BCUT2D eigenvalue weighted by Gasteiger charge is 2.53. The minimum absolute atomic E-state index is 0.0120. The number of likely N-dealkylation sites (tertiary alicyclic amines) is 1. The monoisotopic (exact) mass is 478 g/mol. The number of anilines is 1. The van der Waals surface area contributed by atoms with Crippen molar-refractivity contribution in [2.45, 2.75) is 58.0 Å². The summed E-state index contributed by atoms with van der Waals surface area (Å²) in [6.45, 7) is 7.54. The zero-order valence-corrected chi connectivity index (χ0v) is 19.5. The third-order valence-corrected chi connectivity index (χ3v) is 6.47. The van der Waals surface area contributed by atoms with Gasteiger partial charge >= 0.3 is 6.03 Å². The van der Waals surface area contributed by atoms with Crippen LogP contribution in [0.1, 0.15) is 46.5 Å². The maximum Gasteiger partial charge on any atom is 0.321 e. The van der Waals surface area contributed by atoms with E-state index < -0.39 is 11.6 Å². The molecular weight excluding hydrogens is 448 g/mol. The molecule has 2 aliphatic rings. The molecule has 30 heavy (non-hydrogen) atoms. The minimum atomic E-state index is -0.852. The molecule has 1 atom stereocenters. The largest absolute Gasteiger partial charge is 0.342 e. The topological polar surface area (TPSA) is 81.8 Å². The molecule has 0 aromatic heterocycles. The number of piperazine rings is 1. The Balaban J connectivity index is 1.69. The van der Waals surface area contributed by atoms with Crippen LogP contribution in [0, 0.1) is 5.92 Å². The van der Waals surface area contributed by atoms with Crippen LogP contribution in [0.2, 0.25) is 0 Å². The first-order chi connectivity index (χ1) is 14.3. The van der Waals surface area contributed by atoms with Crippen molar-refractivity contribution in [1.29, 1.82) is 0 Å². The predicted octanol–water partition coefficient (Wildman–Crippen LogP) is 3.60. The lowest BCUT2D eigenvalue weighted by molar-refractivity contribution is -0.161. The summed E-state index contributed by atoms with van der Waals surface area (Å²) in [6, 6.07) is 6.77. The third-order valence-electron chi connectivity index (χ3n) is 5.94. The van der Waals surface area contributed by atoms with Crippen molar-refractivity contribution in [3.63, 3.8) is 0 Å². The van der Waals surface area contributed by atoms with Crippen LogP contribution in [0.25, 0.3) is 0 Å². The number of rotatable bonds is 5. The molecule has 0 saturated carbocycles. The van der Waals surface area contributed by atoms with Crippen LogP contribution >= 0.6 is 15.9 Å². The van der Waals surface area contributed by atoms with Gasteiger partial charge < -0.3 is 20.4 Å². The smallest absolute Gasteiger partial charge is 0.321 e. The summed E-state index contributed by atoms with van der Waals surface area (Å²) in [6.07, 6.45) is 2.34. The van der Waals surface area contributed by atoms with Gasteiger partial charge in [-0.1, -0.05) is 36.7 Å². The predicted molar refractivity (Wildman–Crippen MR) is 120 cm³/mol. The van der Waals surface area contributed by atoms with Gasteiger partial charge in [0.1, 0.15) is 11.6 Å². The van der Waals surface area contributed by atoms with Crippen LogP contribution in [-0.4, -0.2) is 58.9 Å². The van der Waals surface area contributed by atoms with E-state index in [1.165, 1.54) is 0 Å². The molecule has 4 amide bonds. The Morgan fingerprint density at radius 3 is 2.43 bits per heavy atom. The second-order valence-electron chi connectivity index (χ2n) is 8.60. The van der Waals surface area contributed by atoms with E-state index in [1.54, 1.807) is 9.80 Å².